The predicted octanol–water partition coefficient (Wildman–Crippen LogP) is 0.890. The molecule has 68 valence electrons. The van der Waals surface area contributed by atoms with Crippen LogP contribution in [-0.4, -0.2) is 42.2 Å². The van der Waals surface area contributed by atoms with E-state index in [9.17, 15) is 4.79 Å². The first kappa shape index (κ1) is 10.9. The van der Waals surface area contributed by atoms with E-state index in [0.29, 0.717) is 17.6 Å². The van der Waals surface area contributed by atoms with E-state index in [1.54, 1.807) is 12.2 Å². The van der Waals surface area contributed by atoms with Gasteiger partial charge in [-0.15, -0.1) is 0 Å². The Kier molecular flexibility index (Phi) is 4.29. The first-order valence-electron chi connectivity index (χ1n) is 3.81. The lowest BCUT2D eigenvalue weighted by Gasteiger charge is -2.30. The summed E-state index contributed by atoms with van der Waals surface area (Å²) < 4.78 is 0.433. The molecule has 0 aromatic heterocycles. The number of hydrogen-bond donors (Lipinski definition) is 1. The zero-order valence-corrected chi connectivity index (χ0v) is 7.49. The van der Waals surface area contributed by atoms with Crippen LogP contribution in [0.3, 0.4) is 0 Å². The fourth-order valence-electron chi connectivity index (χ4n) is 1.15. The Morgan fingerprint density at radius 3 is 2.08 bits per heavy atom. The lowest BCUT2D eigenvalue weighted by molar-refractivity contribution is -0.891. The molecule has 0 amide bonds. The summed E-state index contributed by atoms with van der Waals surface area (Å²) in [5.41, 5.74) is 0. The van der Waals surface area contributed by atoms with Crippen LogP contribution >= 0.6 is 0 Å². The maximum absolute atomic E-state index is 10.5. The lowest BCUT2D eigenvalue weighted by Crippen LogP contribution is -2.47. The molecular formula is C9H16NO2+. The number of nitrogens with zero attached hydrogens (tertiary/aromatic N) is 1. The molecule has 0 heterocycles. The molecule has 0 saturated carbocycles. The van der Waals surface area contributed by atoms with Crippen molar-refractivity contribution in [3.8, 4) is 0 Å². The minimum Gasteiger partial charge on any atom is -0.477 e. The maximum Gasteiger partial charge on any atom is 0.359 e. The van der Waals surface area contributed by atoms with Crippen LogP contribution in [0.25, 0.3) is 0 Å². The molecule has 0 aliphatic rings. The molecule has 0 saturated heterocycles. The molecule has 0 aliphatic carbocycles. The number of hydrogen-bond acceptors (Lipinski definition) is 1. The van der Waals surface area contributed by atoms with Crippen LogP contribution in [-0.2, 0) is 4.79 Å². The molecule has 3 heteroatoms. The van der Waals surface area contributed by atoms with E-state index in [2.05, 4.69) is 13.2 Å². The van der Waals surface area contributed by atoms with Gasteiger partial charge < -0.3 is 9.59 Å². The third kappa shape index (κ3) is 3.93. The van der Waals surface area contributed by atoms with Crippen molar-refractivity contribution in [3.05, 3.63) is 25.3 Å². The Labute approximate surface area is 73.2 Å². The van der Waals surface area contributed by atoms with E-state index in [1.807, 2.05) is 7.05 Å². The summed E-state index contributed by atoms with van der Waals surface area (Å²) in [6.45, 7) is 8.60. The highest BCUT2D eigenvalue weighted by atomic mass is 16.4. The fraction of sp³-hybridized carbons (Fsp3) is 0.444. The smallest absolute Gasteiger partial charge is 0.359 e. The normalized spacial score (nSPS) is 10.8. The minimum absolute atomic E-state index is 0.109. The number of likely N-dealkylation sites (N-methyl/N-ethyl adjacent to an activating group) is 1. The van der Waals surface area contributed by atoms with Gasteiger partial charge in [0.25, 0.3) is 0 Å². The minimum atomic E-state index is -0.791. The standard InChI is InChI=1S/C9H15NO2/c1-4-6-10(3,7-5-2)8-9(11)12/h4-5H,1-2,6-8H2,3H3/p+1. The third-order valence-electron chi connectivity index (χ3n) is 1.66. The third-order valence-corrected chi connectivity index (χ3v) is 1.66. The number of carboxylic acids is 1. The highest BCUT2D eigenvalue weighted by Gasteiger charge is 2.21. The maximum atomic E-state index is 10.5. The Bertz CT molecular complexity index is 177. The zero-order valence-electron chi connectivity index (χ0n) is 7.49. The Balaban J connectivity index is 4.25. The molecule has 0 unspecified atom stereocenters. The Morgan fingerprint density at radius 1 is 1.42 bits per heavy atom. The number of rotatable bonds is 6. The van der Waals surface area contributed by atoms with Crippen molar-refractivity contribution >= 4 is 5.97 Å². The van der Waals surface area contributed by atoms with Gasteiger partial charge >= 0.3 is 5.97 Å². The molecule has 0 fully saturated rings. The van der Waals surface area contributed by atoms with Gasteiger partial charge in [0.2, 0.25) is 0 Å². The first-order valence-corrected chi connectivity index (χ1v) is 3.81. The molecular weight excluding hydrogens is 154 g/mol. The molecule has 0 aromatic rings. The lowest BCUT2D eigenvalue weighted by atomic mass is 10.3. The topological polar surface area (TPSA) is 37.3 Å². The van der Waals surface area contributed by atoms with Crippen molar-refractivity contribution in [2.45, 2.75) is 0 Å². The molecule has 0 radical (unpaired) electrons. The molecule has 0 atom stereocenters. The summed E-state index contributed by atoms with van der Waals surface area (Å²) in [4.78, 5) is 10.5. The van der Waals surface area contributed by atoms with E-state index in [-0.39, 0.29) is 6.54 Å². The quantitative estimate of drug-likeness (QED) is 0.475. The summed E-state index contributed by atoms with van der Waals surface area (Å²) >= 11 is 0. The number of carboxylic acid groups (broad SMARTS) is 1. The van der Waals surface area contributed by atoms with E-state index < -0.39 is 5.97 Å². The van der Waals surface area contributed by atoms with E-state index in [4.69, 9.17) is 5.11 Å². The molecule has 0 aliphatic heterocycles. The van der Waals surface area contributed by atoms with Gasteiger partial charge in [-0.2, -0.15) is 0 Å². The molecule has 0 rings (SSSR count). The first-order chi connectivity index (χ1) is 5.54. The highest BCUT2D eigenvalue weighted by Crippen LogP contribution is 2.01. The second-order valence-corrected chi connectivity index (χ2v) is 3.11. The van der Waals surface area contributed by atoms with E-state index in [1.165, 1.54) is 0 Å². The number of carbonyl (C=O) groups is 1. The Hall–Kier alpha value is -1.09. The van der Waals surface area contributed by atoms with Crippen LogP contribution in [0, 0.1) is 0 Å². The van der Waals surface area contributed by atoms with Crippen molar-refractivity contribution in [2.75, 3.05) is 26.7 Å². The van der Waals surface area contributed by atoms with Gasteiger partial charge in [0.1, 0.15) is 0 Å². The van der Waals surface area contributed by atoms with Crippen molar-refractivity contribution in [1.82, 2.24) is 0 Å². The van der Waals surface area contributed by atoms with Crippen molar-refractivity contribution in [2.24, 2.45) is 0 Å². The van der Waals surface area contributed by atoms with Crippen LogP contribution in [0.15, 0.2) is 25.3 Å². The highest BCUT2D eigenvalue weighted by molar-refractivity contribution is 5.67. The fourth-order valence-corrected chi connectivity index (χ4v) is 1.15. The van der Waals surface area contributed by atoms with E-state index >= 15 is 0 Å². The molecule has 12 heavy (non-hydrogen) atoms. The van der Waals surface area contributed by atoms with Crippen LogP contribution in [0.5, 0.6) is 0 Å². The van der Waals surface area contributed by atoms with Crippen molar-refractivity contribution in [3.63, 3.8) is 0 Å². The zero-order chi connectivity index (χ0) is 9.61. The monoisotopic (exact) mass is 170 g/mol. The SMILES string of the molecule is C=CC[N+](C)(CC=C)CC(=O)O. The van der Waals surface area contributed by atoms with Gasteiger partial charge in [-0.05, 0) is 12.2 Å². The van der Waals surface area contributed by atoms with Gasteiger partial charge in [0.15, 0.2) is 6.54 Å². The van der Waals surface area contributed by atoms with Crippen LogP contribution in [0.2, 0.25) is 0 Å². The molecule has 1 N–H and O–H groups in total. The van der Waals surface area contributed by atoms with Crippen LogP contribution in [0.4, 0.5) is 0 Å². The van der Waals surface area contributed by atoms with Crippen LogP contribution in [0.1, 0.15) is 0 Å². The van der Waals surface area contributed by atoms with Gasteiger partial charge in [0.05, 0.1) is 20.1 Å². The summed E-state index contributed by atoms with van der Waals surface area (Å²) in [7, 11) is 1.87. The average Bonchev–Trinajstić information content (AvgIpc) is 1.85. The summed E-state index contributed by atoms with van der Waals surface area (Å²) in [6, 6.07) is 0. The number of quaternary nitrogens is 1. The molecule has 0 bridgehead atoms. The summed E-state index contributed by atoms with van der Waals surface area (Å²) in [5, 5.41) is 8.62. The van der Waals surface area contributed by atoms with Gasteiger partial charge in [-0.3, -0.25) is 0 Å². The predicted molar refractivity (Wildman–Crippen MR) is 48.8 cm³/mol. The largest absolute Gasteiger partial charge is 0.477 e. The van der Waals surface area contributed by atoms with E-state index in [0.717, 1.165) is 0 Å². The van der Waals surface area contributed by atoms with Gasteiger partial charge in [-0.25, -0.2) is 4.79 Å². The average molecular weight is 170 g/mol. The van der Waals surface area contributed by atoms with Crippen molar-refractivity contribution in [1.29, 1.82) is 0 Å². The summed E-state index contributed by atoms with van der Waals surface area (Å²) in [6.07, 6.45) is 3.46. The second-order valence-electron chi connectivity index (χ2n) is 3.11. The van der Waals surface area contributed by atoms with Gasteiger partial charge in [-0.1, -0.05) is 13.2 Å². The van der Waals surface area contributed by atoms with Crippen LogP contribution < -0.4 is 0 Å². The molecule has 0 spiro atoms. The molecule has 0 aromatic carbocycles. The summed E-state index contributed by atoms with van der Waals surface area (Å²) in [5.74, 6) is -0.791. The molecule has 3 nitrogen and oxygen atoms in total. The van der Waals surface area contributed by atoms with Gasteiger partial charge in [0, 0.05) is 0 Å². The number of aliphatic carboxylic acids is 1. The Morgan fingerprint density at radius 2 is 1.83 bits per heavy atom. The second kappa shape index (κ2) is 4.72. The van der Waals surface area contributed by atoms with Crippen molar-refractivity contribution < 1.29 is 14.4 Å².